The summed E-state index contributed by atoms with van der Waals surface area (Å²) in [4.78, 5) is 0. The van der Waals surface area contributed by atoms with Crippen LogP contribution in [0.25, 0.3) is 0 Å². The van der Waals surface area contributed by atoms with E-state index in [1.165, 1.54) is 5.56 Å². The highest BCUT2D eigenvalue weighted by Gasteiger charge is 2.40. The Morgan fingerprint density at radius 2 is 2.07 bits per heavy atom. The topological polar surface area (TPSA) is 9.23 Å². The van der Waals surface area contributed by atoms with Gasteiger partial charge in [0.25, 0.3) is 0 Å². The van der Waals surface area contributed by atoms with Crippen LogP contribution in [0.4, 0.5) is 0 Å². The summed E-state index contributed by atoms with van der Waals surface area (Å²) in [6, 6.07) is 8.32. The van der Waals surface area contributed by atoms with Crippen LogP contribution in [0.2, 0.25) is 0 Å². The minimum absolute atomic E-state index is 0.155. The normalized spacial score (nSPS) is 19.0. The highest BCUT2D eigenvalue weighted by molar-refractivity contribution is 9.10. The number of alkyl halides is 1. The summed E-state index contributed by atoms with van der Waals surface area (Å²) in [5.41, 5.74) is 1.48. The van der Waals surface area contributed by atoms with Crippen molar-refractivity contribution >= 4 is 27.5 Å². The van der Waals surface area contributed by atoms with E-state index in [4.69, 9.17) is 16.3 Å². The molecule has 0 atom stereocenters. The fourth-order valence-electron chi connectivity index (χ4n) is 1.86. The summed E-state index contributed by atoms with van der Waals surface area (Å²) < 4.78 is 6.48. The molecule has 1 aliphatic heterocycles. The number of halogens is 2. The zero-order valence-electron chi connectivity index (χ0n) is 7.80. The standard InChI is InChI=1S/C11H12BrClO/c12-10-4-2-1-3-9(10)11(5-6-13)7-14-8-11/h1-4H,5-8H2. The molecule has 0 N–H and O–H groups in total. The van der Waals surface area contributed by atoms with E-state index in [1.807, 2.05) is 6.07 Å². The van der Waals surface area contributed by atoms with Crippen LogP contribution in [0.3, 0.4) is 0 Å². The number of rotatable bonds is 3. The van der Waals surface area contributed by atoms with Crippen molar-refractivity contribution in [2.24, 2.45) is 0 Å². The molecule has 0 radical (unpaired) electrons. The Morgan fingerprint density at radius 3 is 2.57 bits per heavy atom. The monoisotopic (exact) mass is 274 g/mol. The van der Waals surface area contributed by atoms with E-state index in [0.29, 0.717) is 5.88 Å². The van der Waals surface area contributed by atoms with Crippen molar-refractivity contribution < 1.29 is 4.74 Å². The fraction of sp³-hybridized carbons (Fsp3) is 0.455. The molecule has 1 aromatic rings. The van der Waals surface area contributed by atoms with Crippen molar-refractivity contribution in [3.8, 4) is 0 Å². The van der Waals surface area contributed by atoms with E-state index in [1.54, 1.807) is 0 Å². The maximum absolute atomic E-state index is 5.83. The summed E-state index contributed by atoms with van der Waals surface area (Å²) in [7, 11) is 0. The van der Waals surface area contributed by atoms with Gasteiger partial charge in [-0.2, -0.15) is 0 Å². The van der Waals surface area contributed by atoms with E-state index in [-0.39, 0.29) is 5.41 Å². The predicted octanol–water partition coefficient (Wildman–Crippen LogP) is 3.35. The predicted molar refractivity (Wildman–Crippen MR) is 62.0 cm³/mol. The molecule has 0 aromatic heterocycles. The number of benzene rings is 1. The average molecular weight is 276 g/mol. The molecule has 76 valence electrons. The molecule has 3 heteroatoms. The first-order chi connectivity index (χ1) is 6.78. The zero-order chi connectivity index (χ0) is 10.0. The summed E-state index contributed by atoms with van der Waals surface area (Å²) in [6.07, 6.45) is 0.983. The van der Waals surface area contributed by atoms with Crippen LogP contribution in [-0.2, 0) is 10.2 Å². The third-order valence-corrected chi connectivity index (χ3v) is 3.66. The lowest BCUT2D eigenvalue weighted by Crippen LogP contribution is -2.47. The SMILES string of the molecule is ClCCC1(c2ccccc2Br)COC1. The summed E-state index contributed by atoms with van der Waals surface area (Å²) in [6.45, 7) is 1.59. The highest BCUT2D eigenvalue weighted by atomic mass is 79.9. The van der Waals surface area contributed by atoms with Gasteiger partial charge in [-0.3, -0.25) is 0 Å². The Labute approximate surface area is 97.5 Å². The minimum atomic E-state index is 0.155. The van der Waals surface area contributed by atoms with Crippen molar-refractivity contribution in [1.29, 1.82) is 0 Å². The molecule has 1 heterocycles. The van der Waals surface area contributed by atoms with Gasteiger partial charge in [0.05, 0.1) is 13.2 Å². The Kier molecular flexibility index (Phi) is 3.15. The van der Waals surface area contributed by atoms with Gasteiger partial charge in [0.1, 0.15) is 0 Å². The molecule has 1 saturated heterocycles. The van der Waals surface area contributed by atoms with Crippen molar-refractivity contribution in [3.63, 3.8) is 0 Å². The second kappa shape index (κ2) is 4.21. The van der Waals surface area contributed by atoms with E-state index in [2.05, 4.69) is 34.1 Å². The number of hydrogen-bond acceptors (Lipinski definition) is 1. The molecule has 1 aliphatic rings. The van der Waals surface area contributed by atoms with E-state index in [0.717, 1.165) is 24.1 Å². The van der Waals surface area contributed by atoms with Crippen LogP contribution in [0.15, 0.2) is 28.7 Å². The van der Waals surface area contributed by atoms with Crippen LogP contribution in [0.5, 0.6) is 0 Å². The molecule has 1 fully saturated rings. The van der Waals surface area contributed by atoms with Crippen molar-refractivity contribution in [1.82, 2.24) is 0 Å². The van der Waals surface area contributed by atoms with Gasteiger partial charge in [-0.1, -0.05) is 34.1 Å². The Morgan fingerprint density at radius 1 is 1.36 bits per heavy atom. The Hall–Kier alpha value is -0.0500. The third-order valence-electron chi connectivity index (χ3n) is 2.77. The molecule has 0 spiro atoms. The maximum atomic E-state index is 5.83. The van der Waals surface area contributed by atoms with Crippen LogP contribution in [0.1, 0.15) is 12.0 Å². The highest BCUT2D eigenvalue weighted by Crippen LogP contribution is 2.39. The second-order valence-corrected chi connectivity index (χ2v) is 4.92. The average Bonchev–Trinajstić information content (AvgIpc) is 2.13. The first-order valence-electron chi connectivity index (χ1n) is 4.67. The first kappa shape index (κ1) is 10.5. The third kappa shape index (κ3) is 1.71. The van der Waals surface area contributed by atoms with E-state index >= 15 is 0 Å². The van der Waals surface area contributed by atoms with Gasteiger partial charge >= 0.3 is 0 Å². The van der Waals surface area contributed by atoms with Gasteiger partial charge in [0, 0.05) is 15.8 Å². The van der Waals surface area contributed by atoms with Crippen LogP contribution in [-0.4, -0.2) is 19.1 Å². The first-order valence-corrected chi connectivity index (χ1v) is 6.00. The van der Waals surface area contributed by atoms with Gasteiger partial charge in [0.2, 0.25) is 0 Å². The van der Waals surface area contributed by atoms with Gasteiger partial charge < -0.3 is 4.74 Å². The van der Waals surface area contributed by atoms with Gasteiger partial charge in [-0.15, -0.1) is 11.6 Å². The second-order valence-electron chi connectivity index (χ2n) is 3.69. The molecular formula is C11H12BrClO. The number of ether oxygens (including phenoxy) is 1. The number of hydrogen-bond donors (Lipinski definition) is 0. The van der Waals surface area contributed by atoms with Gasteiger partial charge in [-0.05, 0) is 18.1 Å². The van der Waals surface area contributed by atoms with E-state index < -0.39 is 0 Å². The van der Waals surface area contributed by atoms with Gasteiger partial charge in [-0.25, -0.2) is 0 Å². The summed E-state index contributed by atoms with van der Waals surface area (Å²) in [5.74, 6) is 0.685. The van der Waals surface area contributed by atoms with Crippen LogP contribution >= 0.6 is 27.5 Å². The quantitative estimate of drug-likeness (QED) is 0.769. The summed E-state index contributed by atoms with van der Waals surface area (Å²) in [5, 5.41) is 0. The van der Waals surface area contributed by atoms with Crippen molar-refractivity contribution in [2.45, 2.75) is 11.8 Å². The molecule has 0 amide bonds. The molecule has 0 aliphatic carbocycles. The van der Waals surface area contributed by atoms with Crippen molar-refractivity contribution in [2.75, 3.05) is 19.1 Å². The van der Waals surface area contributed by atoms with Crippen LogP contribution < -0.4 is 0 Å². The molecule has 0 unspecified atom stereocenters. The molecule has 1 nitrogen and oxygen atoms in total. The molecule has 14 heavy (non-hydrogen) atoms. The van der Waals surface area contributed by atoms with Crippen LogP contribution in [0, 0.1) is 0 Å². The smallest absolute Gasteiger partial charge is 0.0586 e. The maximum Gasteiger partial charge on any atom is 0.0586 e. The molecule has 2 rings (SSSR count). The fourth-order valence-corrected chi connectivity index (χ4v) is 2.92. The summed E-state index contributed by atoms with van der Waals surface area (Å²) >= 11 is 9.41. The Balaban J connectivity index is 2.32. The lowest BCUT2D eigenvalue weighted by Gasteiger charge is -2.42. The van der Waals surface area contributed by atoms with Gasteiger partial charge in [0.15, 0.2) is 0 Å². The van der Waals surface area contributed by atoms with Crippen molar-refractivity contribution in [3.05, 3.63) is 34.3 Å². The molecule has 0 bridgehead atoms. The zero-order valence-corrected chi connectivity index (χ0v) is 10.1. The lowest BCUT2D eigenvalue weighted by molar-refractivity contribution is -0.0619. The molecular weight excluding hydrogens is 263 g/mol. The minimum Gasteiger partial charge on any atom is -0.379 e. The largest absolute Gasteiger partial charge is 0.379 e. The van der Waals surface area contributed by atoms with E-state index in [9.17, 15) is 0 Å². The molecule has 1 aromatic carbocycles. The molecule has 0 saturated carbocycles. The Bertz CT molecular complexity index is 323. The lowest BCUT2D eigenvalue weighted by atomic mass is 9.76.